The number of benzene rings is 7. The van der Waals surface area contributed by atoms with Crippen molar-refractivity contribution in [3.05, 3.63) is 176 Å². The van der Waals surface area contributed by atoms with E-state index in [0.29, 0.717) is 5.95 Å². The van der Waals surface area contributed by atoms with Crippen LogP contribution in [0.15, 0.2) is 176 Å². The lowest BCUT2D eigenvalue weighted by Gasteiger charge is -2.11. The minimum Gasteiger partial charge on any atom is -0.277 e. The Bertz CT molecular complexity index is 2540. The van der Waals surface area contributed by atoms with Gasteiger partial charge in [0.15, 0.2) is 0 Å². The standard InChI is InChI=1S/C44H29N3/c1-2-9-30(10-3-1)31-17-19-32(20-18-31)33-21-23-34(24-22-33)36-12-8-13-37(29-36)41-27-28-45-44(46-41)47-42-16-7-6-15-39(42)40-26-25-35-11-4-5-14-38(35)43(40)47/h1-29H. The molecule has 2 aromatic heterocycles. The van der Waals surface area contributed by atoms with Crippen LogP contribution < -0.4 is 0 Å². The van der Waals surface area contributed by atoms with Crippen LogP contribution in [0.4, 0.5) is 0 Å². The molecular weight excluding hydrogens is 571 g/mol. The van der Waals surface area contributed by atoms with Crippen molar-refractivity contribution in [1.29, 1.82) is 0 Å². The Kier molecular flexibility index (Phi) is 6.46. The molecule has 0 unspecified atom stereocenters. The summed E-state index contributed by atoms with van der Waals surface area (Å²) in [5, 5.41) is 4.78. The molecular formula is C44H29N3. The van der Waals surface area contributed by atoms with Crippen molar-refractivity contribution in [2.75, 3.05) is 0 Å². The highest BCUT2D eigenvalue weighted by molar-refractivity contribution is 6.18. The molecule has 47 heavy (non-hydrogen) atoms. The monoisotopic (exact) mass is 599 g/mol. The molecule has 0 fully saturated rings. The maximum Gasteiger partial charge on any atom is 0.235 e. The lowest BCUT2D eigenvalue weighted by Crippen LogP contribution is -2.02. The van der Waals surface area contributed by atoms with Crippen LogP contribution in [0.2, 0.25) is 0 Å². The van der Waals surface area contributed by atoms with Gasteiger partial charge in [-0.25, -0.2) is 9.97 Å². The Morgan fingerprint density at radius 3 is 1.70 bits per heavy atom. The van der Waals surface area contributed by atoms with Gasteiger partial charge >= 0.3 is 0 Å². The molecule has 0 aliphatic carbocycles. The number of rotatable bonds is 5. The van der Waals surface area contributed by atoms with Crippen molar-refractivity contribution in [2.45, 2.75) is 0 Å². The first-order chi connectivity index (χ1) is 23.3. The highest BCUT2D eigenvalue weighted by Gasteiger charge is 2.17. The Balaban J connectivity index is 1.07. The number of fused-ring (bicyclic) bond motifs is 5. The third-order valence-corrected chi connectivity index (χ3v) is 9.10. The van der Waals surface area contributed by atoms with Gasteiger partial charge in [0, 0.05) is 27.9 Å². The molecule has 9 aromatic rings. The van der Waals surface area contributed by atoms with Crippen LogP contribution >= 0.6 is 0 Å². The summed E-state index contributed by atoms with van der Waals surface area (Å²) in [7, 11) is 0. The van der Waals surface area contributed by atoms with Crippen molar-refractivity contribution in [2.24, 2.45) is 0 Å². The van der Waals surface area contributed by atoms with Crippen molar-refractivity contribution >= 4 is 32.6 Å². The fourth-order valence-electron chi connectivity index (χ4n) is 6.75. The normalized spacial score (nSPS) is 11.4. The van der Waals surface area contributed by atoms with Gasteiger partial charge in [-0.15, -0.1) is 0 Å². The first kappa shape index (κ1) is 27.0. The van der Waals surface area contributed by atoms with Gasteiger partial charge in [-0.2, -0.15) is 0 Å². The maximum atomic E-state index is 5.16. The second-order valence-corrected chi connectivity index (χ2v) is 11.9. The van der Waals surface area contributed by atoms with Gasteiger partial charge in [-0.1, -0.05) is 152 Å². The van der Waals surface area contributed by atoms with Gasteiger partial charge < -0.3 is 0 Å². The van der Waals surface area contributed by atoms with Gasteiger partial charge in [0.1, 0.15) is 0 Å². The van der Waals surface area contributed by atoms with Crippen LogP contribution in [0, 0.1) is 0 Å². The Morgan fingerprint density at radius 2 is 0.957 bits per heavy atom. The molecule has 0 bridgehead atoms. The molecule has 0 N–H and O–H groups in total. The van der Waals surface area contributed by atoms with Crippen LogP contribution in [0.5, 0.6) is 0 Å². The molecule has 7 aromatic carbocycles. The SMILES string of the molecule is c1ccc(-c2ccc(-c3ccc(-c4cccc(-c5ccnc(-n6c7ccccc7c7ccc8ccccc8c76)n5)c4)cc3)cc2)cc1. The van der Waals surface area contributed by atoms with Gasteiger partial charge in [0.2, 0.25) is 5.95 Å². The van der Waals surface area contributed by atoms with E-state index < -0.39 is 0 Å². The lowest BCUT2D eigenvalue weighted by atomic mass is 9.97. The molecule has 220 valence electrons. The van der Waals surface area contributed by atoms with Gasteiger partial charge in [-0.3, -0.25) is 4.57 Å². The number of nitrogens with zero attached hydrogens (tertiary/aromatic N) is 3. The molecule has 0 amide bonds. The third kappa shape index (κ3) is 4.77. The summed E-state index contributed by atoms with van der Waals surface area (Å²) in [6, 6.07) is 60.2. The molecule has 0 aliphatic heterocycles. The number of hydrogen-bond donors (Lipinski definition) is 0. The maximum absolute atomic E-state index is 5.16. The zero-order chi connectivity index (χ0) is 31.2. The predicted octanol–water partition coefficient (Wildman–Crippen LogP) is 11.4. The number of para-hydroxylation sites is 1. The van der Waals surface area contributed by atoms with Gasteiger partial charge in [0.25, 0.3) is 0 Å². The quantitative estimate of drug-likeness (QED) is 0.197. The predicted molar refractivity (Wildman–Crippen MR) is 196 cm³/mol. The highest BCUT2D eigenvalue weighted by atomic mass is 15.2. The summed E-state index contributed by atoms with van der Waals surface area (Å²) in [5.74, 6) is 0.665. The highest BCUT2D eigenvalue weighted by Crippen LogP contribution is 2.36. The average molecular weight is 600 g/mol. The van der Waals surface area contributed by atoms with Gasteiger partial charge in [0.05, 0.1) is 16.7 Å². The number of aromatic nitrogens is 3. The van der Waals surface area contributed by atoms with Gasteiger partial charge in [-0.05, 0) is 57.0 Å². The zero-order valence-electron chi connectivity index (χ0n) is 25.6. The zero-order valence-corrected chi connectivity index (χ0v) is 25.6. The second-order valence-electron chi connectivity index (χ2n) is 11.9. The largest absolute Gasteiger partial charge is 0.277 e. The summed E-state index contributed by atoms with van der Waals surface area (Å²) >= 11 is 0. The van der Waals surface area contributed by atoms with E-state index in [0.717, 1.165) is 27.9 Å². The number of hydrogen-bond acceptors (Lipinski definition) is 2. The fraction of sp³-hybridized carbons (Fsp3) is 0. The topological polar surface area (TPSA) is 30.7 Å². The second kappa shape index (κ2) is 11.2. The average Bonchev–Trinajstić information content (AvgIpc) is 3.50. The first-order valence-electron chi connectivity index (χ1n) is 15.9. The molecule has 0 spiro atoms. The summed E-state index contributed by atoms with van der Waals surface area (Å²) < 4.78 is 2.21. The Hall–Kier alpha value is -6.32. The molecule has 9 rings (SSSR count). The minimum absolute atomic E-state index is 0.665. The smallest absolute Gasteiger partial charge is 0.235 e. The first-order valence-corrected chi connectivity index (χ1v) is 15.9. The summed E-state index contributed by atoms with van der Waals surface area (Å²) in [4.78, 5) is 9.97. The van der Waals surface area contributed by atoms with E-state index in [1.165, 1.54) is 49.4 Å². The molecule has 0 radical (unpaired) electrons. The molecule has 3 nitrogen and oxygen atoms in total. The van der Waals surface area contributed by atoms with Crippen molar-refractivity contribution in [3.63, 3.8) is 0 Å². The van der Waals surface area contributed by atoms with E-state index in [9.17, 15) is 0 Å². The molecule has 0 atom stereocenters. The van der Waals surface area contributed by atoms with E-state index >= 15 is 0 Å². The van der Waals surface area contributed by atoms with Crippen LogP contribution in [-0.2, 0) is 0 Å². The van der Waals surface area contributed by atoms with Crippen molar-refractivity contribution in [3.8, 4) is 50.6 Å². The van der Waals surface area contributed by atoms with E-state index in [1.807, 2.05) is 18.3 Å². The summed E-state index contributed by atoms with van der Waals surface area (Å²) in [6.07, 6.45) is 1.87. The third-order valence-electron chi connectivity index (χ3n) is 9.10. The molecule has 0 aliphatic rings. The molecule has 3 heteroatoms. The summed E-state index contributed by atoms with van der Waals surface area (Å²) in [6.45, 7) is 0. The van der Waals surface area contributed by atoms with Crippen LogP contribution in [-0.4, -0.2) is 14.5 Å². The minimum atomic E-state index is 0.665. The van der Waals surface area contributed by atoms with E-state index in [2.05, 4.69) is 162 Å². The van der Waals surface area contributed by atoms with Crippen LogP contribution in [0.3, 0.4) is 0 Å². The Morgan fingerprint density at radius 1 is 0.383 bits per heavy atom. The van der Waals surface area contributed by atoms with Crippen LogP contribution in [0.25, 0.3) is 83.2 Å². The van der Waals surface area contributed by atoms with Crippen molar-refractivity contribution < 1.29 is 0 Å². The lowest BCUT2D eigenvalue weighted by molar-refractivity contribution is 0.994. The fourth-order valence-corrected chi connectivity index (χ4v) is 6.75. The van der Waals surface area contributed by atoms with E-state index in [4.69, 9.17) is 9.97 Å². The molecule has 2 heterocycles. The molecule has 0 saturated carbocycles. The van der Waals surface area contributed by atoms with E-state index in [1.54, 1.807) is 0 Å². The summed E-state index contributed by atoms with van der Waals surface area (Å²) in [5.41, 5.74) is 11.3. The van der Waals surface area contributed by atoms with E-state index in [-0.39, 0.29) is 0 Å². The molecule has 0 saturated heterocycles. The van der Waals surface area contributed by atoms with Crippen molar-refractivity contribution in [1.82, 2.24) is 14.5 Å². The van der Waals surface area contributed by atoms with Crippen LogP contribution in [0.1, 0.15) is 0 Å². The Labute approximate surface area is 273 Å².